The van der Waals surface area contributed by atoms with Crippen LogP contribution in [0.15, 0.2) is 64.9 Å². The van der Waals surface area contributed by atoms with Gasteiger partial charge in [-0.1, -0.05) is 36.0 Å². The number of aromatic amines is 1. The molecule has 6 nitrogen and oxygen atoms in total. The number of hydrogen-bond donors (Lipinski definition) is 1. The third-order valence-electron chi connectivity index (χ3n) is 4.56. The van der Waals surface area contributed by atoms with E-state index in [1.165, 1.54) is 11.8 Å². The molecule has 0 saturated heterocycles. The summed E-state index contributed by atoms with van der Waals surface area (Å²) < 4.78 is 7.36. The van der Waals surface area contributed by atoms with Gasteiger partial charge in [-0.15, -0.1) is 16.8 Å². The van der Waals surface area contributed by atoms with E-state index in [1.807, 2.05) is 48.7 Å². The first-order chi connectivity index (χ1) is 13.6. The first-order valence-electron chi connectivity index (χ1n) is 8.96. The molecule has 1 aromatic carbocycles. The molecule has 0 bridgehead atoms. The van der Waals surface area contributed by atoms with E-state index in [0.717, 1.165) is 22.2 Å². The summed E-state index contributed by atoms with van der Waals surface area (Å²) in [6, 6.07) is 11.5. The van der Waals surface area contributed by atoms with Crippen molar-refractivity contribution < 1.29 is 9.21 Å². The van der Waals surface area contributed by atoms with E-state index < -0.39 is 0 Å². The molecule has 142 valence electrons. The van der Waals surface area contributed by atoms with Crippen molar-refractivity contribution in [3.05, 3.63) is 66.6 Å². The molecule has 4 aromatic rings. The number of carbonyl (C=O) groups is 1. The number of benzene rings is 1. The van der Waals surface area contributed by atoms with Crippen molar-refractivity contribution in [2.45, 2.75) is 30.8 Å². The number of rotatable bonds is 7. The first kappa shape index (κ1) is 18.3. The summed E-state index contributed by atoms with van der Waals surface area (Å²) in [5.74, 6) is 1.32. The molecule has 3 heterocycles. The number of aryl methyl sites for hydroxylation is 1. The fraction of sp³-hybridized carbons (Fsp3) is 0.190. The Hall–Kier alpha value is -3.06. The summed E-state index contributed by atoms with van der Waals surface area (Å²) in [5, 5.41) is 9.82. The zero-order chi connectivity index (χ0) is 19.7. The topological polar surface area (TPSA) is 76.7 Å². The SMILES string of the molecule is C=CCn1c(SC(C)C(=O)c2c(C)[nH]c3ccccc23)nnc1-c1ccco1. The fourth-order valence-electron chi connectivity index (χ4n) is 3.27. The number of hydrogen-bond acceptors (Lipinski definition) is 5. The van der Waals surface area contributed by atoms with E-state index in [1.54, 1.807) is 18.4 Å². The van der Waals surface area contributed by atoms with E-state index in [2.05, 4.69) is 21.8 Å². The van der Waals surface area contributed by atoms with Crippen molar-refractivity contribution in [2.75, 3.05) is 0 Å². The van der Waals surface area contributed by atoms with E-state index in [-0.39, 0.29) is 11.0 Å². The van der Waals surface area contributed by atoms with Crippen molar-refractivity contribution in [1.29, 1.82) is 0 Å². The molecule has 3 aromatic heterocycles. The Balaban J connectivity index is 1.65. The van der Waals surface area contributed by atoms with E-state index in [4.69, 9.17) is 4.42 Å². The highest BCUT2D eigenvalue weighted by molar-refractivity contribution is 8.00. The number of aromatic nitrogens is 4. The molecule has 0 aliphatic rings. The van der Waals surface area contributed by atoms with E-state index >= 15 is 0 Å². The zero-order valence-corrected chi connectivity index (χ0v) is 16.5. The normalized spacial score (nSPS) is 12.4. The maximum absolute atomic E-state index is 13.2. The van der Waals surface area contributed by atoms with Crippen molar-refractivity contribution in [2.24, 2.45) is 0 Å². The molecule has 1 unspecified atom stereocenters. The number of nitrogens with one attached hydrogen (secondary N) is 1. The number of para-hydroxylation sites is 1. The van der Waals surface area contributed by atoms with Crippen LogP contribution in [-0.2, 0) is 6.54 Å². The predicted molar refractivity (Wildman–Crippen MR) is 111 cm³/mol. The third-order valence-corrected chi connectivity index (χ3v) is 5.64. The molecule has 0 aliphatic heterocycles. The number of fused-ring (bicyclic) bond motifs is 1. The predicted octanol–water partition coefficient (Wildman–Crippen LogP) is 4.88. The lowest BCUT2D eigenvalue weighted by Crippen LogP contribution is -2.15. The number of furan rings is 1. The standard InChI is InChI=1S/C21H20N4O2S/c1-4-11-25-20(17-10-7-12-27-17)23-24-21(25)28-14(3)19(26)18-13(2)22-16-9-6-5-8-15(16)18/h4-10,12,14,22H,1,11H2,2-3H3. The molecule has 0 fully saturated rings. The van der Waals surface area contributed by atoms with Gasteiger partial charge in [0, 0.05) is 28.7 Å². The minimum absolute atomic E-state index is 0.0626. The molecule has 1 N–H and O–H groups in total. The van der Waals surface area contributed by atoms with Gasteiger partial charge in [0.1, 0.15) is 0 Å². The van der Waals surface area contributed by atoms with Crippen molar-refractivity contribution in [1.82, 2.24) is 19.7 Å². The van der Waals surface area contributed by atoms with Crippen LogP contribution in [0.5, 0.6) is 0 Å². The van der Waals surface area contributed by atoms with E-state index in [0.29, 0.717) is 23.3 Å². The lowest BCUT2D eigenvalue weighted by atomic mass is 10.1. The highest BCUT2D eigenvalue weighted by atomic mass is 32.2. The van der Waals surface area contributed by atoms with Gasteiger partial charge >= 0.3 is 0 Å². The second-order valence-corrected chi connectivity index (χ2v) is 7.79. The number of Topliss-reactive ketones (excluding diaryl/α,β-unsaturated/α-hetero) is 1. The molecule has 1 atom stereocenters. The van der Waals surface area contributed by atoms with Crippen LogP contribution in [0.3, 0.4) is 0 Å². The number of H-pyrrole nitrogens is 1. The van der Waals surface area contributed by atoms with Crippen LogP contribution in [0.25, 0.3) is 22.5 Å². The summed E-state index contributed by atoms with van der Waals surface area (Å²) in [6.45, 7) is 8.17. The van der Waals surface area contributed by atoms with Crippen molar-refractivity contribution >= 4 is 28.4 Å². The van der Waals surface area contributed by atoms with Crippen LogP contribution in [0.4, 0.5) is 0 Å². The summed E-state index contributed by atoms with van der Waals surface area (Å²) in [7, 11) is 0. The minimum Gasteiger partial charge on any atom is -0.461 e. The molecule has 28 heavy (non-hydrogen) atoms. The van der Waals surface area contributed by atoms with Gasteiger partial charge in [-0.3, -0.25) is 9.36 Å². The van der Waals surface area contributed by atoms with Gasteiger partial charge in [-0.05, 0) is 32.0 Å². The van der Waals surface area contributed by atoms with Gasteiger partial charge in [0.25, 0.3) is 0 Å². The molecular formula is C21H20N4O2S. The lowest BCUT2D eigenvalue weighted by Gasteiger charge is -2.11. The van der Waals surface area contributed by atoms with Crippen molar-refractivity contribution in [3.63, 3.8) is 0 Å². The van der Waals surface area contributed by atoms with Gasteiger partial charge < -0.3 is 9.40 Å². The van der Waals surface area contributed by atoms with Gasteiger partial charge in [-0.2, -0.15) is 0 Å². The highest BCUT2D eigenvalue weighted by Gasteiger charge is 2.25. The van der Waals surface area contributed by atoms with Gasteiger partial charge in [-0.25, -0.2) is 0 Å². The lowest BCUT2D eigenvalue weighted by molar-refractivity contribution is 0.0995. The van der Waals surface area contributed by atoms with Gasteiger partial charge in [0.2, 0.25) is 5.82 Å². The Morgan fingerprint density at radius 1 is 1.32 bits per heavy atom. The summed E-state index contributed by atoms with van der Waals surface area (Å²) in [6.07, 6.45) is 3.37. The second-order valence-electron chi connectivity index (χ2n) is 6.48. The number of allylic oxidation sites excluding steroid dienone is 1. The highest BCUT2D eigenvalue weighted by Crippen LogP contribution is 2.31. The first-order valence-corrected chi connectivity index (χ1v) is 9.84. The quantitative estimate of drug-likeness (QED) is 0.276. The van der Waals surface area contributed by atoms with Crippen LogP contribution in [0.1, 0.15) is 23.0 Å². The summed E-state index contributed by atoms with van der Waals surface area (Å²) >= 11 is 1.39. The third kappa shape index (κ3) is 3.18. The van der Waals surface area contributed by atoms with Crippen LogP contribution in [0.2, 0.25) is 0 Å². The Morgan fingerprint density at radius 2 is 2.14 bits per heavy atom. The molecule has 0 radical (unpaired) electrons. The van der Waals surface area contributed by atoms with E-state index in [9.17, 15) is 4.79 Å². The average molecular weight is 392 g/mol. The summed E-state index contributed by atoms with van der Waals surface area (Å²) in [4.78, 5) is 16.5. The summed E-state index contributed by atoms with van der Waals surface area (Å²) in [5.41, 5.74) is 2.58. The molecule has 7 heteroatoms. The monoisotopic (exact) mass is 392 g/mol. The fourth-order valence-corrected chi connectivity index (χ4v) is 4.18. The van der Waals surface area contributed by atoms with Crippen molar-refractivity contribution in [3.8, 4) is 11.6 Å². The molecule has 0 aliphatic carbocycles. The molecule has 0 saturated carbocycles. The average Bonchev–Trinajstić information content (AvgIpc) is 3.40. The van der Waals surface area contributed by atoms with Gasteiger partial charge in [0.05, 0.1) is 11.5 Å². The number of carbonyl (C=O) groups excluding carboxylic acids is 1. The Bertz CT molecular complexity index is 1140. The molecule has 4 rings (SSSR count). The largest absolute Gasteiger partial charge is 0.461 e. The Morgan fingerprint density at radius 3 is 2.89 bits per heavy atom. The molecule has 0 spiro atoms. The van der Waals surface area contributed by atoms with Crippen LogP contribution < -0.4 is 0 Å². The smallest absolute Gasteiger partial charge is 0.200 e. The second kappa shape index (κ2) is 7.52. The molecular weight excluding hydrogens is 372 g/mol. The molecule has 0 amide bonds. The van der Waals surface area contributed by atoms with Crippen LogP contribution in [-0.4, -0.2) is 30.8 Å². The Labute approximate surface area is 166 Å². The van der Waals surface area contributed by atoms with Crippen LogP contribution >= 0.6 is 11.8 Å². The Kier molecular flexibility index (Phi) is 4.92. The van der Waals surface area contributed by atoms with Gasteiger partial charge in [0.15, 0.2) is 16.7 Å². The zero-order valence-electron chi connectivity index (χ0n) is 15.7. The maximum Gasteiger partial charge on any atom is 0.200 e. The number of thioether (sulfide) groups is 1. The van der Waals surface area contributed by atoms with Crippen LogP contribution in [0, 0.1) is 6.92 Å². The minimum atomic E-state index is -0.324. The number of nitrogens with zero attached hydrogens (tertiary/aromatic N) is 3. The maximum atomic E-state index is 13.2. The number of ketones is 1.